The maximum atomic E-state index is 10.2. The van der Waals surface area contributed by atoms with Crippen LogP contribution in [0.25, 0.3) is 10.8 Å². The van der Waals surface area contributed by atoms with Crippen LogP contribution >= 0.6 is 0 Å². The van der Waals surface area contributed by atoms with E-state index < -0.39 is 0 Å². The van der Waals surface area contributed by atoms with Crippen LogP contribution in [0.4, 0.5) is 17.1 Å². The third-order valence-corrected chi connectivity index (χ3v) is 3.48. The Bertz CT molecular complexity index is 776. The predicted molar refractivity (Wildman–Crippen MR) is 81.8 cm³/mol. The summed E-state index contributed by atoms with van der Waals surface area (Å²) in [7, 11) is 0. The Labute approximate surface area is 116 Å². The summed E-state index contributed by atoms with van der Waals surface area (Å²) in [5.41, 5.74) is 9.10. The second-order valence-electron chi connectivity index (χ2n) is 4.79. The van der Waals surface area contributed by atoms with Gasteiger partial charge in [-0.2, -0.15) is 5.12 Å². The topological polar surface area (TPSA) is 47.5 Å². The van der Waals surface area contributed by atoms with Gasteiger partial charge >= 0.3 is 0 Å². The van der Waals surface area contributed by atoms with Crippen LogP contribution in [-0.4, -0.2) is 5.11 Å². The van der Waals surface area contributed by atoms with Gasteiger partial charge in [-0.1, -0.05) is 36.4 Å². The van der Waals surface area contributed by atoms with Gasteiger partial charge in [0.15, 0.2) is 0 Å². The molecular weight excluding hydrogens is 250 g/mol. The zero-order valence-electron chi connectivity index (χ0n) is 10.7. The number of nitrogens with one attached hydrogen (secondary N) is 2. The third kappa shape index (κ3) is 1.62. The highest BCUT2D eigenvalue weighted by Crippen LogP contribution is 2.37. The molecule has 4 nitrogen and oxygen atoms in total. The second kappa shape index (κ2) is 4.06. The highest BCUT2D eigenvalue weighted by Gasteiger charge is 2.20. The van der Waals surface area contributed by atoms with E-state index >= 15 is 0 Å². The van der Waals surface area contributed by atoms with Gasteiger partial charge in [-0.3, -0.25) is 10.9 Å². The molecule has 0 atom stereocenters. The van der Waals surface area contributed by atoms with Crippen LogP contribution in [-0.2, 0) is 0 Å². The van der Waals surface area contributed by atoms with Gasteiger partial charge in [0.25, 0.3) is 0 Å². The molecule has 0 saturated carbocycles. The Morgan fingerprint density at radius 1 is 0.750 bits per heavy atom. The zero-order valence-corrected chi connectivity index (χ0v) is 10.7. The third-order valence-electron chi connectivity index (χ3n) is 3.48. The van der Waals surface area contributed by atoms with Crippen molar-refractivity contribution in [2.75, 3.05) is 16.0 Å². The van der Waals surface area contributed by atoms with Crippen molar-refractivity contribution in [3.05, 3.63) is 60.7 Å². The van der Waals surface area contributed by atoms with Gasteiger partial charge in [0, 0.05) is 0 Å². The number of hydrazine groups is 2. The van der Waals surface area contributed by atoms with Crippen molar-refractivity contribution in [1.29, 1.82) is 0 Å². The van der Waals surface area contributed by atoms with E-state index in [1.807, 2.05) is 54.6 Å². The molecule has 3 aromatic carbocycles. The van der Waals surface area contributed by atoms with Gasteiger partial charge in [-0.05, 0) is 35.0 Å². The van der Waals surface area contributed by atoms with Gasteiger partial charge < -0.3 is 5.11 Å². The molecule has 1 aliphatic heterocycles. The molecule has 1 heterocycles. The molecule has 0 amide bonds. The molecule has 0 unspecified atom stereocenters. The Hall–Kier alpha value is -2.88. The number of anilines is 3. The number of hydrogen-bond donors (Lipinski definition) is 3. The van der Waals surface area contributed by atoms with Gasteiger partial charge in [0.1, 0.15) is 11.4 Å². The first kappa shape index (κ1) is 11.0. The van der Waals surface area contributed by atoms with Gasteiger partial charge in [-0.25, -0.2) is 0 Å². The largest absolute Gasteiger partial charge is 0.506 e. The van der Waals surface area contributed by atoms with Crippen LogP contribution in [0.5, 0.6) is 5.75 Å². The first-order valence-electron chi connectivity index (χ1n) is 6.45. The van der Waals surface area contributed by atoms with Crippen molar-refractivity contribution in [3.63, 3.8) is 0 Å². The standard InChI is InChI=1S/C16H13N3O/c20-16-10-12-6-2-1-5-11(12)9-15(16)19-17-13-7-3-4-8-14(13)18-19/h1-10,17-18,20H. The van der Waals surface area contributed by atoms with Gasteiger partial charge in [0.05, 0.1) is 11.4 Å². The zero-order chi connectivity index (χ0) is 13.5. The number of para-hydroxylation sites is 2. The molecule has 1 aliphatic rings. The molecule has 0 bridgehead atoms. The quantitative estimate of drug-likeness (QED) is 0.626. The molecule has 0 spiro atoms. The van der Waals surface area contributed by atoms with E-state index in [-0.39, 0.29) is 5.75 Å². The molecule has 0 fully saturated rings. The van der Waals surface area contributed by atoms with Gasteiger partial charge in [0.2, 0.25) is 0 Å². The molecule has 3 N–H and O–H groups in total. The molecule has 4 heteroatoms. The summed E-state index contributed by atoms with van der Waals surface area (Å²) in [6, 6.07) is 19.6. The Kier molecular flexibility index (Phi) is 2.23. The van der Waals surface area contributed by atoms with Crippen LogP contribution in [0, 0.1) is 0 Å². The number of phenols is 1. The smallest absolute Gasteiger partial charge is 0.143 e. The minimum absolute atomic E-state index is 0.233. The molecule has 0 aromatic heterocycles. The lowest BCUT2D eigenvalue weighted by molar-refractivity contribution is 0.476. The minimum atomic E-state index is 0.233. The average Bonchev–Trinajstić information content (AvgIpc) is 2.90. The van der Waals surface area contributed by atoms with Crippen molar-refractivity contribution in [1.82, 2.24) is 0 Å². The van der Waals surface area contributed by atoms with Crippen LogP contribution in [0.1, 0.15) is 0 Å². The fraction of sp³-hybridized carbons (Fsp3) is 0. The number of nitrogens with zero attached hydrogens (tertiary/aromatic N) is 1. The molecule has 0 aliphatic carbocycles. The van der Waals surface area contributed by atoms with E-state index in [4.69, 9.17) is 0 Å². The SMILES string of the molecule is Oc1cc2ccccc2cc1N1Nc2ccccc2N1. The molecule has 0 saturated heterocycles. The van der Waals surface area contributed by atoms with Crippen molar-refractivity contribution in [2.24, 2.45) is 0 Å². The van der Waals surface area contributed by atoms with E-state index in [1.54, 1.807) is 11.2 Å². The average molecular weight is 263 g/mol. The highest BCUT2D eigenvalue weighted by atomic mass is 16.3. The number of rotatable bonds is 1. The summed E-state index contributed by atoms with van der Waals surface area (Å²) < 4.78 is 0. The fourth-order valence-electron chi connectivity index (χ4n) is 2.46. The number of hydrogen-bond acceptors (Lipinski definition) is 4. The van der Waals surface area contributed by atoms with E-state index in [0.29, 0.717) is 5.69 Å². The van der Waals surface area contributed by atoms with Crippen LogP contribution in [0.2, 0.25) is 0 Å². The molecule has 20 heavy (non-hydrogen) atoms. The minimum Gasteiger partial charge on any atom is -0.506 e. The van der Waals surface area contributed by atoms with Crippen molar-refractivity contribution >= 4 is 27.8 Å². The molecule has 4 rings (SSSR count). The normalized spacial score (nSPS) is 12.9. The summed E-state index contributed by atoms with van der Waals surface area (Å²) in [6.45, 7) is 0. The van der Waals surface area contributed by atoms with E-state index in [2.05, 4.69) is 10.9 Å². The first-order chi connectivity index (χ1) is 9.81. The molecule has 3 aromatic rings. The van der Waals surface area contributed by atoms with E-state index in [9.17, 15) is 5.11 Å². The maximum absolute atomic E-state index is 10.2. The van der Waals surface area contributed by atoms with Crippen LogP contribution in [0.15, 0.2) is 60.7 Å². The molecule has 0 radical (unpaired) electrons. The van der Waals surface area contributed by atoms with Crippen molar-refractivity contribution < 1.29 is 5.11 Å². The summed E-state index contributed by atoms with van der Waals surface area (Å²) in [4.78, 5) is 0. The fourth-order valence-corrected chi connectivity index (χ4v) is 2.46. The summed E-state index contributed by atoms with van der Waals surface area (Å²) in [5, 5.41) is 14.1. The van der Waals surface area contributed by atoms with Gasteiger partial charge in [-0.15, -0.1) is 0 Å². The van der Waals surface area contributed by atoms with E-state index in [1.165, 1.54) is 0 Å². The lowest BCUT2D eigenvalue weighted by atomic mass is 10.1. The lowest BCUT2D eigenvalue weighted by Crippen LogP contribution is -2.29. The highest BCUT2D eigenvalue weighted by molar-refractivity contribution is 5.91. The molecular formula is C16H13N3O. The Morgan fingerprint density at radius 2 is 1.30 bits per heavy atom. The summed E-state index contributed by atoms with van der Waals surface area (Å²) >= 11 is 0. The Morgan fingerprint density at radius 3 is 1.95 bits per heavy atom. The molecule has 98 valence electrons. The van der Waals surface area contributed by atoms with E-state index in [0.717, 1.165) is 22.1 Å². The number of aromatic hydroxyl groups is 1. The van der Waals surface area contributed by atoms with Crippen molar-refractivity contribution in [3.8, 4) is 5.75 Å². The lowest BCUT2D eigenvalue weighted by Gasteiger charge is -2.20. The van der Waals surface area contributed by atoms with Crippen molar-refractivity contribution in [2.45, 2.75) is 0 Å². The van der Waals surface area contributed by atoms with Crippen LogP contribution < -0.4 is 16.0 Å². The van der Waals surface area contributed by atoms with Crippen LogP contribution in [0.3, 0.4) is 0 Å². The predicted octanol–water partition coefficient (Wildman–Crippen LogP) is 3.72. The second-order valence-corrected chi connectivity index (χ2v) is 4.79. The number of fused-ring (bicyclic) bond motifs is 2. The number of phenolic OH excluding ortho intramolecular Hbond substituents is 1. The Balaban J connectivity index is 1.78. The summed E-state index contributed by atoms with van der Waals surface area (Å²) in [5.74, 6) is 0.233. The maximum Gasteiger partial charge on any atom is 0.143 e. The first-order valence-corrected chi connectivity index (χ1v) is 6.45. The number of benzene rings is 3. The summed E-state index contributed by atoms with van der Waals surface area (Å²) in [6.07, 6.45) is 0. The monoisotopic (exact) mass is 263 g/mol.